The Labute approximate surface area is 176 Å². The second-order valence-corrected chi connectivity index (χ2v) is 7.14. The molecule has 0 bridgehead atoms. The van der Waals surface area contributed by atoms with Gasteiger partial charge in [0.2, 0.25) is 0 Å². The molecule has 0 saturated carbocycles. The number of carbonyl (C=O) groups is 2. The van der Waals surface area contributed by atoms with E-state index >= 15 is 0 Å². The van der Waals surface area contributed by atoms with Crippen LogP contribution in [-0.2, 0) is 0 Å². The first-order chi connectivity index (χ1) is 14.9. The van der Waals surface area contributed by atoms with Gasteiger partial charge >= 0.3 is 5.97 Å². The number of aromatic hydroxyl groups is 1. The van der Waals surface area contributed by atoms with Gasteiger partial charge in [0.05, 0.1) is 5.56 Å². The number of nitrogens with one attached hydrogen (secondary N) is 1. The van der Waals surface area contributed by atoms with Gasteiger partial charge in [0.15, 0.2) is 5.43 Å². The van der Waals surface area contributed by atoms with Crippen LogP contribution in [0.5, 0.6) is 5.75 Å². The summed E-state index contributed by atoms with van der Waals surface area (Å²) >= 11 is 0. The molecule has 2 aliphatic rings. The lowest BCUT2D eigenvalue weighted by Crippen LogP contribution is -2.24. The van der Waals surface area contributed by atoms with E-state index in [2.05, 4.69) is 5.32 Å². The third kappa shape index (κ3) is 3.73. The van der Waals surface area contributed by atoms with Crippen molar-refractivity contribution in [3.05, 3.63) is 75.9 Å². The highest BCUT2D eigenvalue weighted by atomic mass is 16.4. The average Bonchev–Trinajstić information content (AvgIpc) is 2.75. The van der Waals surface area contributed by atoms with Crippen LogP contribution in [0.25, 0.3) is 33.4 Å². The lowest BCUT2D eigenvalue weighted by Gasteiger charge is -2.17. The van der Waals surface area contributed by atoms with Crippen LogP contribution < -0.4 is 10.7 Å². The highest BCUT2D eigenvalue weighted by Gasteiger charge is 2.23. The Morgan fingerprint density at radius 2 is 1.77 bits per heavy atom. The van der Waals surface area contributed by atoms with Gasteiger partial charge in [0, 0.05) is 40.8 Å². The molecule has 156 valence electrons. The van der Waals surface area contributed by atoms with Gasteiger partial charge in [-0.2, -0.15) is 0 Å². The molecule has 7 nitrogen and oxygen atoms in total. The van der Waals surface area contributed by atoms with Crippen LogP contribution in [0.15, 0.2) is 63.8 Å². The van der Waals surface area contributed by atoms with Crippen LogP contribution in [0.4, 0.5) is 0 Å². The van der Waals surface area contributed by atoms with Crippen molar-refractivity contribution in [2.45, 2.75) is 13.3 Å². The van der Waals surface area contributed by atoms with Gasteiger partial charge in [0.25, 0.3) is 5.91 Å². The van der Waals surface area contributed by atoms with Gasteiger partial charge in [-0.25, -0.2) is 4.79 Å². The Kier molecular flexibility index (Phi) is 5.17. The second-order valence-electron chi connectivity index (χ2n) is 7.14. The van der Waals surface area contributed by atoms with Crippen molar-refractivity contribution >= 4 is 22.8 Å². The number of carbonyl (C=O) groups excluding carboxylic acids is 1. The number of aromatic carboxylic acids is 1. The van der Waals surface area contributed by atoms with Gasteiger partial charge in [-0.15, -0.1) is 0 Å². The molecule has 0 unspecified atom stereocenters. The van der Waals surface area contributed by atoms with Crippen molar-refractivity contribution in [3.63, 3.8) is 0 Å². The summed E-state index contributed by atoms with van der Waals surface area (Å²) in [6.45, 7) is 2.41. The Bertz CT molecular complexity index is 1350. The average molecular weight is 417 g/mol. The molecule has 0 fully saturated rings. The molecule has 2 aromatic carbocycles. The first-order valence-corrected chi connectivity index (χ1v) is 9.74. The molecule has 1 aliphatic carbocycles. The van der Waals surface area contributed by atoms with E-state index in [1.54, 1.807) is 24.3 Å². The maximum absolute atomic E-state index is 12.3. The second kappa shape index (κ2) is 7.95. The minimum absolute atomic E-state index is 0.0266. The van der Waals surface area contributed by atoms with Crippen molar-refractivity contribution < 1.29 is 24.2 Å². The summed E-state index contributed by atoms with van der Waals surface area (Å²) in [7, 11) is 0. The summed E-state index contributed by atoms with van der Waals surface area (Å²) in [5.41, 5.74) is 1.67. The minimum Gasteiger partial charge on any atom is -0.508 e. The molecule has 4 rings (SSSR count). The first-order valence-electron chi connectivity index (χ1n) is 9.74. The summed E-state index contributed by atoms with van der Waals surface area (Å²) < 4.78 is 5.81. The standard InChI is InChI=1S/C24H19NO6/c1-2-9-25-23(28)13-3-6-16(19(10-13)24(29)30)22-17-7-4-14(26)11-20(17)31-21-12-15(27)5-8-18(21)22/h3-8,10-12,26H,2,9H2,1H3,(H,25,28)(H,29,30). The third-order valence-corrected chi connectivity index (χ3v) is 4.99. The molecule has 0 spiro atoms. The predicted octanol–water partition coefficient (Wildman–Crippen LogP) is 4.11. The minimum atomic E-state index is -1.19. The topological polar surface area (TPSA) is 117 Å². The number of fused-ring (bicyclic) bond motifs is 2. The Balaban J connectivity index is 2.02. The zero-order chi connectivity index (χ0) is 22.1. The first kappa shape index (κ1) is 20.2. The molecule has 1 amide bonds. The van der Waals surface area contributed by atoms with Crippen molar-refractivity contribution in [1.29, 1.82) is 0 Å². The maximum Gasteiger partial charge on any atom is 0.336 e. The smallest absolute Gasteiger partial charge is 0.336 e. The van der Waals surface area contributed by atoms with E-state index < -0.39 is 5.97 Å². The predicted molar refractivity (Wildman–Crippen MR) is 116 cm³/mol. The fraction of sp³-hybridized carbons (Fsp3) is 0.125. The Morgan fingerprint density at radius 3 is 2.52 bits per heavy atom. The molecule has 0 aromatic heterocycles. The lowest BCUT2D eigenvalue weighted by atomic mass is 9.90. The Hall–Kier alpha value is -4.13. The fourth-order valence-electron chi connectivity index (χ4n) is 3.57. The number of carboxylic acid groups (broad SMARTS) is 1. The van der Waals surface area contributed by atoms with E-state index in [0.29, 0.717) is 34.2 Å². The van der Waals surface area contributed by atoms with E-state index in [0.717, 1.165) is 6.42 Å². The number of hydrogen-bond donors (Lipinski definition) is 3. The summed E-state index contributed by atoms with van der Waals surface area (Å²) in [6.07, 6.45) is 0.760. The Morgan fingerprint density at radius 1 is 1.00 bits per heavy atom. The summed E-state index contributed by atoms with van der Waals surface area (Å²) in [5.74, 6) is -1.31. The largest absolute Gasteiger partial charge is 0.508 e. The SMILES string of the molecule is CCCNC(=O)c1ccc(-c2c3ccc(=O)cc-3oc3cc(O)ccc23)c(C(=O)O)c1. The van der Waals surface area contributed by atoms with E-state index in [1.807, 2.05) is 6.92 Å². The maximum atomic E-state index is 12.3. The third-order valence-electron chi connectivity index (χ3n) is 4.99. The highest BCUT2D eigenvalue weighted by molar-refractivity contribution is 6.09. The van der Waals surface area contributed by atoms with Crippen molar-refractivity contribution in [2.75, 3.05) is 6.54 Å². The van der Waals surface area contributed by atoms with Crippen LogP contribution in [0, 0.1) is 0 Å². The van der Waals surface area contributed by atoms with Crippen LogP contribution in [0.3, 0.4) is 0 Å². The molecule has 1 heterocycles. The summed E-state index contributed by atoms with van der Waals surface area (Å²) in [6, 6.07) is 13.3. The highest BCUT2D eigenvalue weighted by Crippen LogP contribution is 2.42. The summed E-state index contributed by atoms with van der Waals surface area (Å²) in [5, 5.41) is 23.1. The van der Waals surface area contributed by atoms with Gasteiger partial charge in [-0.3, -0.25) is 9.59 Å². The van der Waals surface area contributed by atoms with E-state index in [4.69, 9.17) is 4.42 Å². The van der Waals surface area contributed by atoms with Gasteiger partial charge in [0.1, 0.15) is 17.1 Å². The van der Waals surface area contributed by atoms with E-state index in [-0.39, 0.29) is 34.0 Å². The van der Waals surface area contributed by atoms with Crippen LogP contribution in [0.1, 0.15) is 34.1 Å². The number of amides is 1. The van der Waals surface area contributed by atoms with Crippen molar-refractivity contribution in [3.8, 4) is 28.2 Å². The number of phenols is 1. The number of benzene rings is 3. The molecule has 31 heavy (non-hydrogen) atoms. The molecule has 3 N–H and O–H groups in total. The zero-order valence-electron chi connectivity index (χ0n) is 16.6. The number of hydrogen-bond acceptors (Lipinski definition) is 5. The van der Waals surface area contributed by atoms with Crippen LogP contribution >= 0.6 is 0 Å². The number of rotatable bonds is 5. The molecule has 0 radical (unpaired) electrons. The molecule has 2 aromatic rings. The lowest BCUT2D eigenvalue weighted by molar-refractivity contribution is 0.0697. The van der Waals surface area contributed by atoms with E-state index in [1.165, 1.54) is 30.3 Å². The molecule has 1 aliphatic heterocycles. The quantitative estimate of drug-likeness (QED) is 0.421. The van der Waals surface area contributed by atoms with Crippen molar-refractivity contribution in [1.82, 2.24) is 5.32 Å². The normalized spacial score (nSPS) is 11.0. The molecule has 0 atom stereocenters. The molecule has 0 saturated heterocycles. The summed E-state index contributed by atoms with van der Waals surface area (Å²) in [4.78, 5) is 36.3. The monoisotopic (exact) mass is 417 g/mol. The number of carboxylic acids is 1. The molecule has 7 heteroatoms. The van der Waals surface area contributed by atoms with Gasteiger partial charge in [-0.05, 0) is 48.4 Å². The van der Waals surface area contributed by atoms with Crippen LogP contribution in [-0.4, -0.2) is 28.6 Å². The molecular formula is C24H19NO6. The zero-order valence-corrected chi connectivity index (χ0v) is 16.6. The molecular weight excluding hydrogens is 398 g/mol. The van der Waals surface area contributed by atoms with Gasteiger partial charge < -0.3 is 19.9 Å². The number of phenolic OH excluding ortho intramolecular Hbond substituents is 1. The fourth-order valence-corrected chi connectivity index (χ4v) is 3.57. The van der Waals surface area contributed by atoms with Crippen LogP contribution in [0.2, 0.25) is 0 Å². The van der Waals surface area contributed by atoms with Gasteiger partial charge in [-0.1, -0.05) is 13.0 Å². The van der Waals surface area contributed by atoms with Crippen molar-refractivity contribution in [2.24, 2.45) is 0 Å². The van der Waals surface area contributed by atoms with E-state index in [9.17, 15) is 24.6 Å².